The quantitative estimate of drug-likeness (QED) is 0.756. The first kappa shape index (κ1) is 11.1. The fourth-order valence-corrected chi connectivity index (χ4v) is 2.06. The Morgan fingerprint density at radius 3 is 2.75 bits per heavy atom. The van der Waals surface area contributed by atoms with Gasteiger partial charge in [0.2, 0.25) is 5.91 Å². The number of nitrogens with zero attached hydrogens (tertiary/aromatic N) is 1. The van der Waals surface area contributed by atoms with Gasteiger partial charge in [-0.15, -0.1) is 0 Å². The van der Waals surface area contributed by atoms with Crippen molar-refractivity contribution < 1.29 is 9.59 Å². The van der Waals surface area contributed by atoms with Crippen LogP contribution in [0.5, 0.6) is 0 Å². The zero-order chi connectivity index (χ0) is 11.5. The lowest BCUT2D eigenvalue weighted by molar-refractivity contribution is -0.127. The summed E-state index contributed by atoms with van der Waals surface area (Å²) in [6.45, 7) is 0.817. The molecule has 2 rings (SSSR count). The summed E-state index contributed by atoms with van der Waals surface area (Å²) in [4.78, 5) is 24.8. The average Bonchev–Trinajstić information content (AvgIpc) is 2.65. The molecule has 0 aromatic heterocycles. The Bertz CT molecular complexity index is 431. The van der Waals surface area contributed by atoms with E-state index in [1.165, 1.54) is 0 Å². The molecule has 3 nitrogen and oxygen atoms in total. The van der Waals surface area contributed by atoms with Gasteiger partial charge in [-0.2, -0.15) is 0 Å². The van der Waals surface area contributed by atoms with Gasteiger partial charge in [0.05, 0.1) is 11.6 Å². The third-order valence-electron chi connectivity index (χ3n) is 2.68. The van der Waals surface area contributed by atoms with E-state index in [0.29, 0.717) is 23.6 Å². The zero-order valence-electron chi connectivity index (χ0n) is 8.78. The molecule has 1 fully saturated rings. The van der Waals surface area contributed by atoms with Gasteiger partial charge in [-0.05, 0) is 18.6 Å². The van der Waals surface area contributed by atoms with E-state index in [2.05, 4.69) is 0 Å². The molecule has 0 aliphatic carbocycles. The lowest BCUT2D eigenvalue weighted by Crippen LogP contribution is -2.30. The molecule has 0 atom stereocenters. The summed E-state index contributed by atoms with van der Waals surface area (Å²) < 4.78 is 0. The number of ketones is 1. The first-order chi connectivity index (χ1) is 7.68. The van der Waals surface area contributed by atoms with E-state index in [-0.39, 0.29) is 18.2 Å². The minimum atomic E-state index is -0.0964. The van der Waals surface area contributed by atoms with Crippen LogP contribution in [-0.2, 0) is 4.79 Å². The highest BCUT2D eigenvalue weighted by molar-refractivity contribution is 6.34. The van der Waals surface area contributed by atoms with Crippen LogP contribution in [0.25, 0.3) is 0 Å². The van der Waals surface area contributed by atoms with Gasteiger partial charge in [0.25, 0.3) is 0 Å². The maximum Gasteiger partial charge on any atom is 0.223 e. The summed E-state index contributed by atoms with van der Waals surface area (Å²) in [6, 6.07) is 6.91. The molecule has 0 radical (unpaired) electrons. The zero-order valence-corrected chi connectivity index (χ0v) is 9.54. The monoisotopic (exact) mass is 237 g/mol. The number of benzene rings is 1. The molecule has 1 saturated heterocycles. The van der Waals surface area contributed by atoms with Crippen molar-refractivity contribution >= 4 is 23.3 Å². The Hall–Kier alpha value is -1.35. The van der Waals surface area contributed by atoms with Gasteiger partial charge in [0.15, 0.2) is 5.78 Å². The standard InChI is InChI=1S/C12H12ClNO2/c13-10-5-2-1-4-9(10)11(15)8-14-7-3-6-12(14)16/h1-2,4-5H,3,6-8H2. The van der Waals surface area contributed by atoms with Gasteiger partial charge >= 0.3 is 0 Å². The molecule has 1 aliphatic rings. The van der Waals surface area contributed by atoms with Crippen LogP contribution >= 0.6 is 11.6 Å². The van der Waals surface area contributed by atoms with Crippen LogP contribution in [0.2, 0.25) is 5.02 Å². The normalized spacial score (nSPS) is 15.6. The van der Waals surface area contributed by atoms with Crippen LogP contribution in [0.3, 0.4) is 0 Å². The second-order valence-corrected chi connectivity index (χ2v) is 4.23. The molecule has 0 spiro atoms. The molecule has 1 heterocycles. The molecule has 16 heavy (non-hydrogen) atoms. The van der Waals surface area contributed by atoms with Crippen molar-refractivity contribution in [1.82, 2.24) is 4.90 Å². The first-order valence-electron chi connectivity index (χ1n) is 5.24. The molecule has 0 unspecified atom stereocenters. The lowest BCUT2D eigenvalue weighted by atomic mass is 10.1. The minimum Gasteiger partial charge on any atom is -0.335 e. The number of carbonyl (C=O) groups is 2. The maximum absolute atomic E-state index is 11.9. The van der Waals surface area contributed by atoms with E-state index in [9.17, 15) is 9.59 Å². The second-order valence-electron chi connectivity index (χ2n) is 3.82. The topological polar surface area (TPSA) is 37.4 Å². The number of Topliss-reactive ketones (excluding diaryl/α,β-unsaturated/α-hetero) is 1. The van der Waals surface area contributed by atoms with Crippen molar-refractivity contribution in [1.29, 1.82) is 0 Å². The molecule has 1 amide bonds. The fraction of sp³-hybridized carbons (Fsp3) is 0.333. The van der Waals surface area contributed by atoms with Crippen molar-refractivity contribution in [2.45, 2.75) is 12.8 Å². The number of rotatable bonds is 3. The molecule has 1 aromatic rings. The SMILES string of the molecule is O=C(CN1CCCC1=O)c1ccccc1Cl. The Balaban J connectivity index is 2.09. The maximum atomic E-state index is 11.9. The number of likely N-dealkylation sites (tertiary alicyclic amines) is 1. The Morgan fingerprint density at radius 2 is 2.12 bits per heavy atom. The van der Waals surface area contributed by atoms with Gasteiger partial charge in [-0.25, -0.2) is 0 Å². The van der Waals surface area contributed by atoms with Crippen LogP contribution in [0, 0.1) is 0 Å². The second kappa shape index (κ2) is 4.66. The molecule has 4 heteroatoms. The molecule has 1 aliphatic heterocycles. The molecular formula is C12H12ClNO2. The van der Waals surface area contributed by atoms with Crippen molar-refractivity contribution in [3.05, 3.63) is 34.9 Å². The smallest absolute Gasteiger partial charge is 0.223 e. The van der Waals surface area contributed by atoms with E-state index in [0.717, 1.165) is 6.42 Å². The summed E-state index contributed by atoms with van der Waals surface area (Å²) in [7, 11) is 0. The Labute approximate surface area is 99.0 Å². The molecule has 1 aromatic carbocycles. The highest BCUT2D eigenvalue weighted by atomic mass is 35.5. The van der Waals surface area contributed by atoms with Crippen LogP contribution < -0.4 is 0 Å². The molecule has 0 saturated carbocycles. The van der Waals surface area contributed by atoms with Crippen molar-refractivity contribution in [3.63, 3.8) is 0 Å². The molecule has 0 N–H and O–H groups in total. The van der Waals surface area contributed by atoms with Gasteiger partial charge in [0.1, 0.15) is 0 Å². The highest BCUT2D eigenvalue weighted by Crippen LogP contribution is 2.17. The van der Waals surface area contributed by atoms with E-state index in [4.69, 9.17) is 11.6 Å². The highest BCUT2D eigenvalue weighted by Gasteiger charge is 2.23. The number of hydrogen-bond donors (Lipinski definition) is 0. The summed E-state index contributed by atoms with van der Waals surface area (Å²) in [5.74, 6) is -0.0405. The third-order valence-corrected chi connectivity index (χ3v) is 3.01. The van der Waals surface area contributed by atoms with Gasteiger partial charge in [-0.1, -0.05) is 23.7 Å². The van der Waals surface area contributed by atoms with Gasteiger partial charge in [0, 0.05) is 18.5 Å². The van der Waals surface area contributed by atoms with Gasteiger partial charge in [-0.3, -0.25) is 9.59 Å². The van der Waals surface area contributed by atoms with Gasteiger partial charge < -0.3 is 4.90 Å². The van der Waals surface area contributed by atoms with E-state index >= 15 is 0 Å². The number of carbonyl (C=O) groups excluding carboxylic acids is 2. The Kier molecular flexibility index (Phi) is 3.25. The lowest BCUT2D eigenvalue weighted by Gasteiger charge is -2.14. The van der Waals surface area contributed by atoms with Crippen molar-refractivity contribution in [3.8, 4) is 0 Å². The summed E-state index contributed by atoms with van der Waals surface area (Å²) in [5.41, 5.74) is 0.490. The first-order valence-corrected chi connectivity index (χ1v) is 5.62. The van der Waals surface area contributed by atoms with E-state index < -0.39 is 0 Å². The van der Waals surface area contributed by atoms with E-state index in [1.54, 1.807) is 29.2 Å². The number of hydrogen-bond acceptors (Lipinski definition) is 2. The number of amides is 1. The number of halogens is 1. The Morgan fingerprint density at radius 1 is 1.38 bits per heavy atom. The predicted octanol–water partition coefficient (Wildman–Crippen LogP) is 2.15. The largest absolute Gasteiger partial charge is 0.335 e. The van der Waals surface area contributed by atoms with Crippen LogP contribution in [0.15, 0.2) is 24.3 Å². The average molecular weight is 238 g/mol. The summed E-state index contributed by atoms with van der Waals surface area (Å²) >= 11 is 5.92. The molecular weight excluding hydrogens is 226 g/mol. The summed E-state index contributed by atoms with van der Waals surface area (Å²) in [6.07, 6.45) is 1.39. The predicted molar refractivity (Wildman–Crippen MR) is 61.6 cm³/mol. The molecule has 84 valence electrons. The van der Waals surface area contributed by atoms with Crippen LogP contribution in [0.4, 0.5) is 0 Å². The van der Waals surface area contributed by atoms with E-state index in [1.807, 2.05) is 0 Å². The fourth-order valence-electron chi connectivity index (χ4n) is 1.82. The summed E-state index contributed by atoms with van der Waals surface area (Å²) in [5, 5.41) is 0.444. The van der Waals surface area contributed by atoms with Crippen LogP contribution in [0.1, 0.15) is 23.2 Å². The molecule has 0 bridgehead atoms. The van der Waals surface area contributed by atoms with Crippen molar-refractivity contribution in [2.24, 2.45) is 0 Å². The third kappa shape index (κ3) is 2.25. The minimum absolute atomic E-state index is 0.0559. The van der Waals surface area contributed by atoms with Crippen molar-refractivity contribution in [2.75, 3.05) is 13.1 Å². The van der Waals surface area contributed by atoms with Crippen LogP contribution in [-0.4, -0.2) is 29.7 Å².